The predicted octanol–water partition coefficient (Wildman–Crippen LogP) is 3.13. The summed E-state index contributed by atoms with van der Waals surface area (Å²) in [6.07, 6.45) is 8.64. The van der Waals surface area contributed by atoms with Gasteiger partial charge in [0, 0.05) is 12.9 Å². The van der Waals surface area contributed by atoms with Crippen molar-refractivity contribution in [3.63, 3.8) is 0 Å². The molecule has 4 nitrogen and oxygen atoms in total. The molecule has 3 rings (SSSR count). The van der Waals surface area contributed by atoms with Crippen LogP contribution in [0.5, 0.6) is 0 Å². The second-order valence-electron chi connectivity index (χ2n) is 7.34. The van der Waals surface area contributed by atoms with Crippen LogP contribution in [0.3, 0.4) is 0 Å². The van der Waals surface area contributed by atoms with Gasteiger partial charge in [0.05, 0.1) is 11.0 Å². The minimum Gasteiger partial charge on any atom is -0.378 e. The van der Waals surface area contributed by atoms with Gasteiger partial charge in [-0.1, -0.05) is 12.1 Å². The van der Waals surface area contributed by atoms with Crippen molar-refractivity contribution < 1.29 is 13.2 Å². The van der Waals surface area contributed by atoms with Gasteiger partial charge < -0.3 is 10.1 Å². The van der Waals surface area contributed by atoms with Crippen molar-refractivity contribution in [3.8, 4) is 0 Å². The number of sulfone groups is 1. The summed E-state index contributed by atoms with van der Waals surface area (Å²) in [7, 11) is -3.10. The first-order valence-corrected chi connectivity index (χ1v) is 11.0. The number of piperidine rings is 1. The third-order valence-electron chi connectivity index (χ3n) is 5.48. The van der Waals surface area contributed by atoms with Crippen LogP contribution in [0, 0.1) is 5.92 Å². The van der Waals surface area contributed by atoms with Crippen molar-refractivity contribution in [1.29, 1.82) is 0 Å². The quantitative estimate of drug-likeness (QED) is 0.885. The van der Waals surface area contributed by atoms with Crippen molar-refractivity contribution in [2.45, 2.75) is 55.4 Å². The summed E-state index contributed by atoms with van der Waals surface area (Å²) in [4.78, 5) is 0.408. The molecular weight excluding hydrogens is 322 g/mol. The molecule has 1 saturated carbocycles. The van der Waals surface area contributed by atoms with E-state index in [-0.39, 0.29) is 0 Å². The van der Waals surface area contributed by atoms with Crippen molar-refractivity contribution in [3.05, 3.63) is 29.8 Å². The highest BCUT2D eigenvalue weighted by molar-refractivity contribution is 7.90. The van der Waals surface area contributed by atoms with Crippen molar-refractivity contribution in [1.82, 2.24) is 5.32 Å². The third-order valence-corrected chi connectivity index (χ3v) is 6.61. The lowest BCUT2D eigenvalue weighted by Crippen LogP contribution is -2.31. The molecule has 0 radical (unpaired) electrons. The fraction of sp³-hybridized carbons (Fsp3) is 0.684. The van der Waals surface area contributed by atoms with Crippen LogP contribution in [-0.2, 0) is 14.6 Å². The van der Waals surface area contributed by atoms with E-state index in [1.165, 1.54) is 24.7 Å². The summed E-state index contributed by atoms with van der Waals surface area (Å²) < 4.78 is 29.3. The molecule has 0 unspecified atom stereocenters. The summed E-state index contributed by atoms with van der Waals surface area (Å²) in [5.74, 6) is 1.27. The second kappa shape index (κ2) is 7.98. The Bertz CT molecular complexity index is 613. The lowest BCUT2D eigenvalue weighted by atomic mass is 9.83. The molecule has 1 heterocycles. The molecule has 0 atom stereocenters. The molecule has 0 amide bonds. The van der Waals surface area contributed by atoms with Gasteiger partial charge in [0.1, 0.15) is 0 Å². The van der Waals surface area contributed by atoms with E-state index in [1.54, 1.807) is 12.1 Å². The average molecular weight is 352 g/mol. The highest BCUT2D eigenvalue weighted by Crippen LogP contribution is 2.34. The zero-order valence-electron chi connectivity index (χ0n) is 14.5. The zero-order valence-corrected chi connectivity index (χ0v) is 15.4. The van der Waals surface area contributed by atoms with Crippen molar-refractivity contribution in [2.75, 3.05) is 26.0 Å². The van der Waals surface area contributed by atoms with Gasteiger partial charge in [-0.3, -0.25) is 0 Å². The molecule has 1 aromatic carbocycles. The smallest absolute Gasteiger partial charge is 0.175 e. The van der Waals surface area contributed by atoms with Gasteiger partial charge in [-0.2, -0.15) is 0 Å². The molecule has 5 heteroatoms. The lowest BCUT2D eigenvalue weighted by molar-refractivity contribution is -0.000459. The van der Waals surface area contributed by atoms with Crippen LogP contribution in [0.25, 0.3) is 0 Å². The maximum absolute atomic E-state index is 11.5. The fourth-order valence-corrected chi connectivity index (χ4v) is 4.50. The summed E-state index contributed by atoms with van der Waals surface area (Å²) in [5.41, 5.74) is 1.26. The van der Waals surface area contributed by atoms with Gasteiger partial charge in [0.2, 0.25) is 0 Å². The predicted molar refractivity (Wildman–Crippen MR) is 96.1 cm³/mol. The van der Waals surface area contributed by atoms with Gasteiger partial charge in [-0.25, -0.2) is 8.42 Å². The molecule has 0 spiro atoms. The van der Waals surface area contributed by atoms with Crippen LogP contribution in [0.4, 0.5) is 0 Å². The van der Waals surface area contributed by atoms with Crippen molar-refractivity contribution in [2.24, 2.45) is 5.92 Å². The molecule has 1 saturated heterocycles. The number of rotatable bonds is 5. The van der Waals surface area contributed by atoms with E-state index in [4.69, 9.17) is 4.74 Å². The molecule has 0 aromatic heterocycles. The Balaban J connectivity index is 1.46. The summed E-state index contributed by atoms with van der Waals surface area (Å²) in [5, 5.41) is 3.40. The lowest BCUT2D eigenvalue weighted by Gasteiger charge is -2.31. The van der Waals surface area contributed by atoms with E-state index in [2.05, 4.69) is 5.32 Å². The van der Waals surface area contributed by atoms with E-state index in [0.717, 1.165) is 51.3 Å². The Morgan fingerprint density at radius 1 is 1.00 bits per heavy atom. The van der Waals surface area contributed by atoms with E-state index in [9.17, 15) is 8.42 Å². The molecule has 1 aliphatic heterocycles. The second-order valence-corrected chi connectivity index (χ2v) is 9.36. The molecule has 134 valence electrons. The maximum Gasteiger partial charge on any atom is 0.175 e. The average Bonchev–Trinajstić information content (AvgIpc) is 2.61. The fourth-order valence-electron chi connectivity index (χ4n) is 3.87. The van der Waals surface area contributed by atoms with Gasteiger partial charge in [-0.15, -0.1) is 0 Å². The van der Waals surface area contributed by atoms with Crippen LogP contribution >= 0.6 is 0 Å². The number of nitrogens with one attached hydrogen (secondary N) is 1. The molecule has 2 fully saturated rings. The standard InChI is InChI=1S/C19H29NO3S/c1-24(21,22)19-8-4-17(5-9-19)16-2-6-18(7-3-16)23-14-15-10-12-20-13-11-15/h4-5,8-9,15-16,18,20H,2-3,6-7,10-14H2,1H3. The van der Waals surface area contributed by atoms with Crippen LogP contribution in [0.15, 0.2) is 29.2 Å². The van der Waals surface area contributed by atoms with E-state index in [1.807, 2.05) is 12.1 Å². The van der Waals surface area contributed by atoms with Gasteiger partial charge in [0.25, 0.3) is 0 Å². The summed E-state index contributed by atoms with van der Waals surface area (Å²) in [6, 6.07) is 7.45. The Morgan fingerprint density at radius 3 is 2.21 bits per heavy atom. The Labute approximate surface area is 145 Å². The maximum atomic E-state index is 11.5. The van der Waals surface area contributed by atoms with Gasteiger partial charge in [0.15, 0.2) is 9.84 Å². The largest absolute Gasteiger partial charge is 0.378 e. The van der Waals surface area contributed by atoms with Gasteiger partial charge in [-0.05, 0) is 81.1 Å². The zero-order chi connectivity index (χ0) is 17.0. The highest BCUT2D eigenvalue weighted by Gasteiger charge is 2.24. The van der Waals surface area contributed by atoms with E-state index >= 15 is 0 Å². The molecule has 0 bridgehead atoms. The third kappa shape index (κ3) is 4.80. The number of benzene rings is 1. The van der Waals surface area contributed by atoms with Crippen LogP contribution < -0.4 is 5.32 Å². The molecule has 1 N–H and O–H groups in total. The topological polar surface area (TPSA) is 55.4 Å². The van der Waals surface area contributed by atoms with E-state index < -0.39 is 9.84 Å². The molecular formula is C19H29NO3S. The van der Waals surface area contributed by atoms with Crippen LogP contribution in [0.2, 0.25) is 0 Å². The van der Waals surface area contributed by atoms with Crippen LogP contribution in [-0.4, -0.2) is 40.5 Å². The summed E-state index contributed by atoms with van der Waals surface area (Å²) in [6.45, 7) is 3.18. The molecule has 24 heavy (non-hydrogen) atoms. The highest BCUT2D eigenvalue weighted by atomic mass is 32.2. The minimum atomic E-state index is -3.10. The first-order chi connectivity index (χ1) is 11.5. The van der Waals surface area contributed by atoms with Crippen LogP contribution in [0.1, 0.15) is 50.0 Å². The minimum absolute atomic E-state index is 0.408. The Kier molecular flexibility index (Phi) is 5.95. The number of ether oxygens (including phenoxy) is 1. The Hall–Kier alpha value is -0.910. The Morgan fingerprint density at radius 2 is 1.62 bits per heavy atom. The molecule has 1 aliphatic carbocycles. The van der Waals surface area contributed by atoms with Crippen molar-refractivity contribution >= 4 is 9.84 Å². The van der Waals surface area contributed by atoms with Gasteiger partial charge >= 0.3 is 0 Å². The molecule has 1 aromatic rings. The normalized spacial score (nSPS) is 26.4. The summed E-state index contributed by atoms with van der Waals surface area (Å²) >= 11 is 0. The monoisotopic (exact) mass is 351 g/mol. The number of hydrogen-bond acceptors (Lipinski definition) is 4. The molecule has 2 aliphatic rings. The SMILES string of the molecule is CS(=O)(=O)c1ccc(C2CCC(OCC3CCNCC3)CC2)cc1. The number of hydrogen-bond donors (Lipinski definition) is 1. The first kappa shape index (κ1) is 17.9. The first-order valence-electron chi connectivity index (χ1n) is 9.14. The van der Waals surface area contributed by atoms with E-state index in [0.29, 0.717) is 16.9 Å².